The predicted octanol–water partition coefficient (Wildman–Crippen LogP) is 4.71. The van der Waals surface area contributed by atoms with Crippen LogP contribution in [-0.2, 0) is 6.54 Å². The van der Waals surface area contributed by atoms with Gasteiger partial charge in [0.1, 0.15) is 6.54 Å². The second-order valence-corrected chi connectivity index (χ2v) is 7.57. The lowest BCUT2D eigenvalue weighted by Crippen LogP contribution is -2.19. The van der Waals surface area contributed by atoms with Crippen LogP contribution in [0.4, 0.5) is 13.2 Å². The highest BCUT2D eigenvalue weighted by Crippen LogP contribution is 2.33. The SMILES string of the molecule is COc1ccc(-c2nnc(SCC(=O)c3cc(C)n(CC(F)(F)F)c3C)o2)cc1OC. The number of hydrogen-bond acceptors (Lipinski definition) is 7. The van der Waals surface area contributed by atoms with Crippen LogP contribution < -0.4 is 9.47 Å². The molecule has 31 heavy (non-hydrogen) atoms. The van der Waals surface area contributed by atoms with E-state index in [0.29, 0.717) is 22.8 Å². The fourth-order valence-corrected chi connectivity index (χ4v) is 3.71. The molecule has 166 valence electrons. The van der Waals surface area contributed by atoms with E-state index in [4.69, 9.17) is 13.9 Å². The number of aryl methyl sites for hydroxylation is 1. The Kier molecular flexibility index (Phi) is 6.63. The van der Waals surface area contributed by atoms with Gasteiger partial charge in [-0.25, -0.2) is 0 Å². The summed E-state index contributed by atoms with van der Waals surface area (Å²) in [6.07, 6.45) is -4.37. The van der Waals surface area contributed by atoms with E-state index in [-0.39, 0.29) is 33.9 Å². The molecule has 0 spiro atoms. The maximum Gasteiger partial charge on any atom is 0.406 e. The van der Waals surface area contributed by atoms with Crippen LogP contribution in [0.1, 0.15) is 21.7 Å². The van der Waals surface area contributed by atoms with Gasteiger partial charge in [0.2, 0.25) is 5.89 Å². The average Bonchev–Trinajstić information content (AvgIpc) is 3.31. The largest absolute Gasteiger partial charge is 0.493 e. The standard InChI is InChI=1S/C20H20F3N3O4S/c1-11-7-14(12(2)26(11)10-20(21,22)23)15(27)9-31-19-25-24-18(30-19)13-5-6-16(28-3)17(8-13)29-4/h5-8H,9-10H2,1-4H3. The van der Waals surface area contributed by atoms with Gasteiger partial charge in [-0.3, -0.25) is 4.79 Å². The lowest BCUT2D eigenvalue weighted by molar-refractivity contribution is -0.141. The molecule has 0 aliphatic heterocycles. The lowest BCUT2D eigenvalue weighted by Gasteiger charge is -2.12. The number of aromatic nitrogens is 3. The normalized spacial score (nSPS) is 11.6. The number of ether oxygens (including phenoxy) is 2. The fraction of sp³-hybridized carbons (Fsp3) is 0.350. The van der Waals surface area contributed by atoms with Gasteiger partial charge < -0.3 is 18.5 Å². The summed E-state index contributed by atoms with van der Waals surface area (Å²) in [5.41, 5.74) is 1.50. The van der Waals surface area contributed by atoms with Crippen LogP contribution in [0.15, 0.2) is 33.9 Å². The molecule has 0 atom stereocenters. The molecule has 0 aliphatic carbocycles. The Bertz CT molecular complexity index is 1090. The number of carbonyl (C=O) groups is 1. The first-order valence-corrected chi connectivity index (χ1v) is 10.1. The molecule has 0 saturated carbocycles. The number of methoxy groups -OCH3 is 2. The lowest BCUT2D eigenvalue weighted by atomic mass is 10.2. The summed E-state index contributed by atoms with van der Waals surface area (Å²) in [6.45, 7) is 1.90. The number of alkyl halides is 3. The molecule has 3 aromatic rings. The van der Waals surface area contributed by atoms with Crippen molar-refractivity contribution in [1.82, 2.24) is 14.8 Å². The molecule has 11 heteroatoms. The molecule has 0 bridgehead atoms. The molecular weight excluding hydrogens is 435 g/mol. The highest BCUT2D eigenvalue weighted by atomic mass is 32.2. The summed E-state index contributed by atoms with van der Waals surface area (Å²) in [6, 6.07) is 6.57. The first-order valence-electron chi connectivity index (χ1n) is 9.08. The number of nitrogens with zero attached hydrogens (tertiary/aromatic N) is 3. The molecule has 2 aromatic heterocycles. The molecule has 0 amide bonds. The van der Waals surface area contributed by atoms with Gasteiger partial charge in [0.05, 0.1) is 20.0 Å². The van der Waals surface area contributed by atoms with Crippen LogP contribution >= 0.6 is 11.8 Å². The summed E-state index contributed by atoms with van der Waals surface area (Å²) in [5, 5.41) is 8.06. The Hall–Kier alpha value is -2.95. The van der Waals surface area contributed by atoms with E-state index in [1.807, 2.05) is 0 Å². The van der Waals surface area contributed by atoms with Crippen LogP contribution in [-0.4, -0.2) is 46.7 Å². The number of ketones is 1. The van der Waals surface area contributed by atoms with Crippen LogP contribution in [0.2, 0.25) is 0 Å². The maximum atomic E-state index is 12.8. The van der Waals surface area contributed by atoms with Crippen LogP contribution in [0.3, 0.4) is 0 Å². The average molecular weight is 455 g/mol. The van der Waals surface area contributed by atoms with Gasteiger partial charge >= 0.3 is 6.18 Å². The van der Waals surface area contributed by atoms with Crippen LogP contribution in [0.25, 0.3) is 11.5 Å². The molecule has 7 nitrogen and oxygen atoms in total. The molecule has 0 aliphatic rings. The number of halogens is 3. The van der Waals surface area contributed by atoms with E-state index in [9.17, 15) is 18.0 Å². The quantitative estimate of drug-likeness (QED) is 0.360. The third-order valence-corrected chi connectivity index (χ3v) is 5.39. The first kappa shape index (κ1) is 22.7. The Balaban J connectivity index is 1.70. The third-order valence-electron chi connectivity index (χ3n) is 4.58. The predicted molar refractivity (Wildman–Crippen MR) is 108 cm³/mol. The molecule has 1 aromatic carbocycles. The number of rotatable bonds is 8. The number of benzene rings is 1. The molecule has 0 N–H and O–H groups in total. The highest BCUT2D eigenvalue weighted by Gasteiger charge is 2.30. The molecule has 0 radical (unpaired) electrons. The van der Waals surface area contributed by atoms with E-state index >= 15 is 0 Å². The third kappa shape index (κ3) is 5.22. The first-order chi connectivity index (χ1) is 14.6. The van der Waals surface area contributed by atoms with Crippen molar-refractivity contribution in [2.75, 3.05) is 20.0 Å². The van der Waals surface area contributed by atoms with Gasteiger partial charge in [-0.2, -0.15) is 13.2 Å². The van der Waals surface area contributed by atoms with Gasteiger partial charge in [-0.05, 0) is 38.1 Å². The zero-order valence-electron chi connectivity index (χ0n) is 17.2. The Labute approximate surface area is 180 Å². The monoisotopic (exact) mass is 455 g/mol. The summed E-state index contributed by atoms with van der Waals surface area (Å²) < 4.78 is 55.4. The minimum Gasteiger partial charge on any atom is -0.493 e. The van der Waals surface area contributed by atoms with E-state index in [1.54, 1.807) is 18.2 Å². The molecule has 3 rings (SSSR count). The number of Topliss-reactive ketones (excluding diaryl/α,β-unsaturated/α-hetero) is 1. The summed E-state index contributed by atoms with van der Waals surface area (Å²) in [4.78, 5) is 12.6. The Morgan fingerprint density at radius 3 is 2.48 bits per heavy atom. The van der Waals surface area contributed by atoms with Crippen molar-refractivity contribution >= 4 is 17.5 Å². The zero-order chi connectivity index (χ0) is 22.8. The van der Waals surface area contributed by atoms with Crippen LogP contribution in [0.5, 0.6) is 11.5 Å². The molecule has 0 saturated heterocycles. The van der Waals surface area contributed by atoms with Gasteiger partial charge in [-0.1, -0.05) is 11.8 Å². The van der Waals surface area contributed by atoms with Gasteiger partial charge in [-0.15, -0.1) is 10.2 Å². The topological polar surface area (TPSA) is 79.4 Å². The summed E-state index contributed by atoms with van der Waals surface area (Å²) >= 11 is 1.02. The second kappa shape index (κ2) is 9.04. The number of carbonyl (C=O) groups excluding carboxylic acids is 1. The van der Waals surface area contributed by atoms with Crippen LogP contribution in [0, 0.1) is 13.8 Å². The molecular formula is C20H20F3N3O4S. The van der Waals surface area contributed by atoms with E-state index < -0.39 is 12.7 Å². The maximum absolute atomic E-state index is 12.8. The summed E-state index contributed by atoms with van der Waals surface area (Å²) in [7, 11) is 3.03. The van der Waals surface area contributed by atoms with E-state index in [2.05, 4.69) is 10.2 Å². The number of hydrogen-bond donors (Lipinski definition) is 0. The minimum atomic E-state index is -4.37. The summed E-state index contributed by atoms with van der Waals surface area (Å²) in [5.74, 6) is 0.909. The molecule has 0 fully saturated rings. The van der Waals surface area contributed by atoms with Crippen molar-refractivity contribution < 1.29 is 31.9 Å². The minimum absolute atomic E-state index is 0.0517. The second-order valence-electron chi connectivity index (χ2n) is 6.64. The van der Waals surface area contributed by atoms with E-state index in [1.165, 1.54) is 34.1 Å². The fourth-order valence-electron chi connectivity index (χ4n) is 3.07. The van der Waals surface area contributed by atoms with E-state index in [0.717, 1.165) is 16.3 Å². The molecule has 2 heterocycles. The van der Waals surface area contributed by atoms with Gasteiger partial charge in [0, 0.05) is 22.5 Å². The van der Waals surface area contributed by atoms with Crippen molar-refractivity contribution in [3.8, 4) is 23.0 Å². The zero-order valence-corrected chi connectivity index (χ0v) is 18.1. The van der Waals surface area contributed by atoms with Crippen molar-refractivity contribution in [3.05, 3.63) is 41.2 Å². The molecule has 0 unspecified atom stereocenters. The van der Waals surface area contributed by atoms with Gasteiger partial charge in [0.25, 0.3) is 5.22 Å². The Morgan fingerprint density at radius 1 is 1.13 bits per heavy atom. The van der Waals surface area contributed by atoms with Crippen molar-refractivity contribution in [1.29, 1.82) is 0 Å². The Morgan fingerprint density at radius 2 is 1.84 bits per heavy atom. The van der Waals surface area contributed by atoms with Crippen molar-refractivity contribution in [3.63, 3.8) is 0 Å². The smallest absolute Gasteiger partial charge is 0.406 e. The highest BCUT2D eigenvalue weighted by molar-refractivity contribution is 7.99. The van der Waals surface area contributed by atoms with Crippen molar-refractivity contribution in [2.24, 2.45) is 0 Å². The van der Waals surface area contributed by atoms with Crippen molar-refractivity contribution in [2.45, 2.75) is 31.8 Å². The van der Waals surface area contributed by atoms with Gasteiger partial charge in [0.15, 0.2) is 17.3 Å². The number of thioether (sulfide) groups is 1.